The maximum atomic E-state index is 12.6. The Morgan fingerprint density at radius 1 is 1.24 bits per heavy atom. The van der Waals surface area contributed by atoms with E-state index in [4.69, 9.17) is 9.47 Å². The standard InChI is InChI=1S/C19H24O6/c1-9(8-20)15-11-4-13-16-18(2,12(11)5-14(22)25-15)6-10(21)7-19(16,3)17(23)24-13/h4-5,9-10,13,15-16,20-21H,6-8H2,1-3H3/t9?,10-,13?,15?,16?,18+,19-/m0/s1. The van der Waals surface area contributed by atoms with Gasteiger partial charge in [0.15, 0.2) is 0 Å². The van der Waals surface area contributed by atoms with Crippen LogP contribution in [0.3, 0.4) is 0 Å². The summed E-state index contributed by atoms with van der Waals surface area (Å²) in [5.74, 6) is -1.12. The molecule has 7 atom stereocenters. The van der Waals surface area contributed by atoms with Gasteiger partial charge in [-0.1, -0.05) is 13.8 Å². The Labute approximate surface area is 146 Å². The van der Waals surface area contributed by atoms with E-state index in [1.165, 1.54) is 6.08 Å². The van der Waals surface area contributed by atoms with Gasteiger partial charge in [-0.2, -0.15) is 0 Å². The highest BCUT2D eigenvalue weighted by Crippen LogP contribution is 2.64. The molecule has 0 bridgehead atoms. The first-order chi connectivity index (χ1) is 11.7. The molecule has 6 heteroatoms. The molecule has 2 heterocycles. The number of aliphatic hydroxyl groups excluding tert-OH is 2. The average molecular weight is 348 g/mol. The number of esters is 2. The topological polar surface area (TPSA) is 93.1 Å². The molecule has 2 aliphatic heterocycles. The molecule has 1 saturated carbocycles. The summed E-state index contributed by atoms with van der Waals surface area (Å²) >= 11 is 0. The van der Waals surface area contributed by atoms with Crippen molar-refractivity contribution >= 4 is 11.9 Å². The predicted molar refractivity (Wildman–Crippen MR) is 87.1 cm³/mol. The van der Waals surface area contributed by atoms with Crippen LogP contribution in [0.15, 0.2) is 23.3 Å². The molecule has 4 unspecified atom stereocenters. The molecule has 0 radical (unpaired) electrons. The van der Waals surface area contributed by atoms with Gasteiger partial charge in [0.2, 0.25) is 0 Å². The number of rotatable bonds is 2. The van der Waals surface area contributed by atoms with Crippen LogP contribution in [0, 0.1) is 22.7 Å². The van der Waals surface area contributed by atoms with Gasteiger partial charge in [-0.3, -0.25) is 4.79 Å². The minimum Gasteiger partial charge on any atom is -0.457 e. The molecule has 136 valence electrons. The van der Waals surface area contributed by atoms with Crippen LogP contribution >= 0.6 is 0 Å². The van der Waals surface area contributed by atoms with Crippen molar-refractivity contribution < 1.29 is 29.3 Å². The van der Waals surface area contributed by atoms with Crippen molar-refractivity contribution in [2.45, 2.75) is 51.9 Å². The molecule has 0 aromatic rings. The smallest absolute Gasteiger partial charge is 0.331 e. The van der Waals surface area contributed by atoms with E-state index in [0.717, 1.165) is 11.1 Å². The maximum absolute atomic E-state index is 12.6. The summed E-state index contributed by atoms with van der Waals surface area (Å²) in [5.41, 5.74) is 0.300. The number of fused-ring (bicyclic) bond motifs is 2. The number of aliphatic hydroxyl groups is 2. The van der Waals surface area contributed by atoms with E-state index in [1.54, 1.807) is 0 Å². The summed E-state index contributed by atoms with van der Waals surface area (Å²) in [4.78, 5) is 24.8. The van der Waals surface area contributed by atoms with Gasteiger partial charge in [-0.15, -0.1) is 0 Å². The van der Waals surface area contributed by atoms with E-state index >= 15 is 0 Å². The molecule has 0 amide bonds. The van der Waals surface area contributed by atoms with Crippen LogP contribution in [0.25, 0.3) is 0 Å². The number of hydrogen-bond acceptors (Lipinski definition) is 6. The third-order valence-corrected chi connectivity index (χ3v) is 6.62. The van der Waals surface area contributed by atoms with Crippen molar-refractivity contribution in [3.8, 4) is 0 Å². The molecule has 2 N–H and O–H groups in total. The quantitative estimate of drug-likeness (QED) is 0.727. The summed E-state index contributed by atoms with van der Waals surface area (Å²) < 4.78 is 11.1. The zero-order valence-electron chi connectivity index (χ0n) is 14.7. The van der Waals surface area contributed by atoms with E-state index in [2.05, 4.69) is 0 Å². The zero-order chi connectivity index (χ0) is 18.1. The zero-order valence-corrected chi connectivity index (χ0v) is 14.7. The Morgan fingerprint density at radius 2 is 1.92 bits per heavy atom. The minimum atomic E-state index is -0.764. The van der Waals surface area contributed by atoms with E-state index in [9.17, 15) is 19.8 Å². The number of hydrogen-bond donors (Lipinski definition) is 2. The van der Waals surface area contributed by atoms with Gasteiger partial charge in [0.05, 0.1) is 11.5 Å². The Morgan fingerprint density at radius 3 is 2.60 bits per heavy atom. The fourth-order valence-electron chi connectivity index (χ4n) is 5.63. The number of carbonyl (C=O) groups is 2. The highest BCUT2D eigenvalue weighted by Gasteiger charge is 2.67. The van der Waals surface area contributed by atoms with Gasteiger partial charge in [0.25, 0.3) is 0 Å². The number of carbonyl (C=O) groups excluding carboxylic acids is 2. The Bertz CT molecular complexity index is 709. The van der Waals surface area contributed by atoms with E-state index in [0.29, 0.717) is 12.8 Å². The average Bonchev–Trinajstić information content (AvgIpc) is 2.78. The molecular weight excluding hydrogens is 324 g/mol. The van der Waals surface area contributed by atoms with Crippen LogP contribution in [0.4, 0.5) is 0 Å². The molecular formula is C19H24O6. The Hall–Kier alpha value is -1.66. The molecule has 4 rings (SSSR count). The van der Waals surface area contributed by atoms with Gasteiger partial charge in [0.1, 0.15) is 12.2 Å². The maximum Gasteiger partial charge on any atom is 0.331 e. The van der Waals surface area contributed by atoms with Crippen molar-refractivity contribution in [2.24, 2.45) is 22.7 Å². The Kier molecular flexibility index (Phi) is 3.48. The SMILES string of the molecule is CC(CO)C1OC(=O)C=C2C1=CC1OC(=O)[C@@]3(C)C[C@@H](O)C[C@@]2(C)C13. The van der Waals surface area contributed by atoms with Crippen LogP contribution in [0.2, 0.25) is 0 Å². The first-order valence-corrected chi connectivity index (χ1v) is 8.85. The lowest BCUT2D eigenvalue weighted by Crippen LogP contribution is -2.55. The third-order valence-electron chi connectivity index (χ3n) is 6.62. The molecule has 2 fully saturated rings. The lowest BCUT2D eigenvalue weighted by molar-refractivity contribution is -0.150. The van der Waals surface area contributed by atoms with E-state index in [-0.39, 0.29) is 24.4 Å². The van der Waals surface area contributed by atoms with Crippen molar-refractivity contribution in [1.82, 2.24) is 0 Å². The van der Waals surface area contributed by atoms with E-state index in [1.807, 2.05) is 26.8 Å². The van der Waals surface area contributed by atoms with Gasteiger partial charge in [-0.05, 0) is 37.0 Å². The predicted octanol–water partition coefficient (Wildman–Crippen LogP) is 1.12. The molecule has 4 aliphatic rings. The van der Waals surface area contributed by atoms with Crippen molar-refractivity contribution in [1.29, 1.82) is 0 Å². The fraction of sp³-hybridized carbons (Fsp3) is 0.684. The summed E-state index contributed by atoms with van der Waals surface area (Å²) in [5, 5.41) is 20.0. The van der Waals surface area contributed by atoms with Crippen molar-refractivity contribution in [3.05, 3.63) is 23.3 Å². The second kappa shape index (κ2) is 5.17. The lowest BCUT2D eigenvalue weighted by Gasteiger charge is -2.54. The molecule has 0 spiro atoms. The monoisotopic (exact) mass is 348 g/mol. The summed E-state index contributed by atoms with van der Waals surface area (Å²) in [6.07, 6.45) is 2.63. The van der Waals surface area contributed by atoms with Crippen molar-refractivity contribution in [2.75, 3.05) is 6.61 Å². The molecule has 25 heavy (non-hydrogen) atoms. The van der Waals surface area contributed by atoms with Gasteiger partial charge in [0, 0.05) is 29.9 Å². The normalized spacial score (nSPS) is 46.3. The van der Waals surface area contributed by atoms with Gasteiger partial charge in [-0.25, -0.2) is 4.79 Å². The highest BCUT2D eigenvalue weighted by atomic mass is 16.6. The summed E-state index contributed by atoms with van der Waals surface area (Å²) in [6, 6.07) is 0. The fourth-order valence-corrected chi connectivity index (χ4v) is 5.63. The lowest BCUT2D eigenvalue weighted by atomic mass is 9.49. The second-order valence-electron chi connectivity index (χ2n) is 8.44. The molecule has 0 aromatic carbocycles. The van der Waals surface area contributed by atoms with Crippen LogP contribution in [0.1, 0.15) is 33.6 Å². The summed E-state index contributed by atoms with van der Waals surface area (Å²) in [7, 11) is 0. The molecule has 2 aliphatic carbocycles. The Balaban J connectivity index is 1.90. The molecule has 1 saturated heterocycles. The number of ether oxygens (including phenoxy) is 2. The first kappa shape index (κ1) is 16.8. The first-order valence-electron chi connectivity index (χ1n) is 8.85. The van der Waals surface area contributed by atoms with E-state index < -0.39 is 35.1 Å². The van der Waals surface area contributed by atoms with Crippen LogP contribution in [-0.2, 0) is 19.1 Å². The van der Waals surface area contributed by atoms with Gasteiger partial charge < -0.3 is 19.7 Å². The van der Waals surface area contributed by atoms with Crippen LogP contribution in [0.5, 0.6) is 0 Å². The van der Waals surface area contributed by atoms with Gasteiger partial charge >= 0.3 is 11.9 Å². The van der Waals surface area contributed by atoms with Crippen LogP contribution in [-0.4, -0.2) is 47.1 Å². The second-order valence-corrected chi connectivity index (χ2v) is 8.44. The number of cyclic esters (lactones) is 1. The molecule has 0 aromatic heterocycles. The molecule has 6 nitrogen and oxygen atoms in total. The third kappa shape index (κ3) is 2.10. The largest absolute Gasteiger partial charge is 0.457 e. The summed E-state index contributed by atoms with van der Waals surface area (Å²) in [6.45, 7) is 5.56. The van der Waals surface area contributed by atoms with Crippen molar-refractivity contribution in [3.63, 3.8) is 0 Å². The minimum absolute atomic E-state index is 0.118. The highest BCUT2D eigenvalue weighted by molar-refractivity contribution is 5.88. The van der Waals surface area contributed by atoms with Crippen LogP contribution < -0.4 is 0 Å².